The van der Waals surface area contributed by atoms with Crippen molar-refractivity contribution < 1.29 is 4.79 Å². The van der Waals surface area contributed by atoms with E-state index >= 15 is 0 Å². The fourth-order valence-electron chi connectivity index (χ4n) is 1.71. The molecule has 108 valence electrons. The average Bonchev–Trinajstić information content (AvgIpc) is 2.85. The van der Waals surface area contributed by atoms with E-state index in [0.717, 1.165) is 15.4 Å². The fourth-order valence-corrected chi connectivity index (χ4v) is 2.48. The molecular weight excluding hydrogens is 294 g/mol. The minimum absolute atomic E-state index is 0. The smallest absolute Gasteiger partial charge is 0.251 e. The number of benzene rings is 1. The van der Waals surface area contributed by atoms with Gasteiger partial charge >= 0.3 is 0 Å². The number of aryl methyl sites for hydroxylation is 1. The molecule has 0 radical (unpaired) electrons. The average molecular weight is 312 g/mol. The molecule has 0 saturated heterocycles. The van der Waals surface area contributed by atoms with Gasteiger partial charge in [-0.05, 0) is 31.5 Å². The highest BCUT2D eigenvalue weighted by molar-refractivity contribution is 7.11. The van der Waals surface area contributed by atoms with Gasteiger partial charge in [0.1, 0.15) is 5.01 Å². The SMILES string of the molecule is Cc1cnc(C(C)NC(=O)c2ccc(CN)cc2)s1.Cl. The highest BCUT2D eigenvalue weighted by atomic mass is 35.5. The van der Waals surface area contributed by atoms with Crippen LogP contribution in [0.15, 0.2) is 30.5 Å². The van der Waals surface area contributed by atoms with Crippen molar-refractivity contribution in [2.24, 2.45) is 5.73 Å². The lowest BCUT2D eigenvalue weighted by Gasteiger charge is -2.11. The van der Waals surface area contributed by atoms with E-state index in [1.165, 1.54) is 0 Å². The van der Waals surface area contributed by atoms with Crippen molar-refractivity contribution in [3.63, 3.8) is 0 Å². The molecule has 1 aromatic heterocycles. The Balaban J connectivity index is 0.00000200. The van der Waals surface area contributed by atoms with E-state index in [9.17, 15) is 4.79 Å². The summed E-state index contributed by atoms with van der Waals surface area (Å²) in [5, 5.41) is 3.86. The van der Waals surface area contributed by atoms with E-state index in [4.69, 9.17) is 5.73 Å². The van der Waals surface area contributed by atoms with Crippen LogP contribution in [-0.4, -0.2) is 10.9 Å². The Morgan fingerprint density at radius 1 is 1.40 bits per heavy atom. The fraction of sp³-hybridized carbons (Fsp3) is 0.286. The first-order valence-corrected chi connectivity index (χ1v) is 6.94. The maximum absolute atomic E-state index is 12.1. The van der Waals surface area contributed by atoms with Crippen molar-refractivity contribution in [1.82, 2.24) is 10.3 Å². The number of rotatable bonds is 4. The summed E-state index contributed by atoms with van der Waals surface area (Å²) in [6, 6.07) is 7.23. The summed E-state index contributed by atoms with van der Waals surface area (Å²) in [6.07, 6.45) is 1.82. The number of thiazole rings is 1. The van der Waals surface area contributed by atoms with Crippen LogP contribution in [0.2, 0.25) is 0 Å². The Morgan fingerprint density at radius 3 is 2.55 bits per heavy atom. The lowest BCUT2D eigenvalue weighted by molar-refractivity contribution is 0.0940. The van der Waals surface area contributed by atoms with Crippen LogP contribution in [-0.2, 0) is 6.54 Å². The molecule has 20 heavy (non-hydrogen) atoms. The molecule has 1 unspecified atom stereocenters. The maximum atomic E-state index is 12.1. The van der Waals surface area contributed by atoms with Crippen molar-refractivity contribution in [2.75, 3.05) is 0 Å². The number of amides is 1. The molecule has 0 spiro atoms. The molecule has 0 saturated carbocycles. The Labute approximate surface area is 128 Å². The highest BCUT2D eigenvalue weighted by Gasteiger charge is 2.13. The van der Waals surface area contributed by atoms with Gasteiger partial charge < -0.3 is 11.1 Å². The first-order chi connectivity index (χ1) is 9.10. The number of nitrogens with two attached hydrogens (primary N) is 1. The Morgan fingerprint density at radius 2 is 2.05 bits per heavy atom. The van der Waals surface area contributed by atoms with E-state index in [-0.39, 0.29) is 24.4 Å². The summed E-state index contributed by atoms with van der Waals surface area (Å²) < 4.78 is 0. The molecule has 0 fully saturated rings. The van der Waals surface area contributed by atoms with Crippen LogP contribution in [0.1, 0.15) is 38.8 Å². The van der Waals surface area contributed by atoms with E-state index in [0.29, 0.717) is 12.1 Å². The number of nitrogens with one attached hydrogen (secondary N) is 1. The van der Waals surface area contributed by atoms with Gasteiger partial charge in [-0.1, -0.05) is 12.1 Å². The Bertz CT molecular complexity index is 568. The quantitative estimate of drug-likeness (QED) is 0.912. The van der Waals surface area contributed by atoms with E-state index in [1.807, 2.05) is 32.2 Å². The summed E-state index contributed by atoms with van der Waals surface area (Å²) in [7, 11) is 0. The number of halogens is 1. The molecule has 1 atom stereocenters. The van der Waals surface area contributed by atoms with Gasteiger partial charge in [0.05, 0.1) is 6.04 Å². The molecule has 0 aliphatic carbocycles. The zero-order valence-corrected chi connectivity index (χ0v) is 13.1. The van der Waals surface area contributed by atoms with Gasteiger partial charge in [-0.2, -0.15) is 0 Å². The van der Waals surface area contributed by atoms with Crippen molar-refractivity contribution >= 4 is 29.7 Å². The molecule has 1 heterocycles. The number of carbonyl (C=O) groups is 1. The van der Waals surface area contributed by atoms with Crippen molar-refractivity contribution in [2.45, 2.75) is 26.4 Å². The second-order valence-electron chi connectivity index (χ2n) is 4.41. The second-order valence-corrected chi connectivity index (χ2v) is 5.67. The lowest BCUT2D eigenvalue weighted by atomic mass is 10.1. The third-order valence-corrected chi connectivity index (χ3v) is 3.90. The zero-order chi connectivity index (χ0) is 13.8. The minimum atomic E-state index is -0.0936. The molecule has 1 amide bonds. The Kier molecular flexibility index (Phi) is 6.13. The standard InChI is InChI=1S/C14H17N3OS.ClH/c1-9-8-16-14(19-9)10(2)17-13(18)12-5-3-11(7-15)4-6-12;/h3-6,8,10H,7,15H2,1-2H3,(H,17,18);1H. The maximum Gasteiger partial charge on any atom is 0.251 e. The van der Waals surface area contributed by atoms with Crippen molar-refractivity contribution in [3.05, 3.63) is 51.5 Å². The van der Waals surface area contributed by atoms with E-state index < -0.39 is 0 Å². The minimum Gasteiger partial charge on any atom is -0.343 e. The summed E-state index contributed by atoms with van der Waals surface area (Å²) in [6.45, 7) is 4.42. The predicted molar refractivity (Wildman–Crippen MR) is 84.3 cm³/mol. The summed E-state index contributed by atoms with van der Waals surface area (Å²) in [5.74, 6) is -0.0936. The predicted octanol–water partition coefficient (Wildman–Crippen LogP) is 2.82. The van der Waals surface area contributed by atoms with Crippen LogP contribution in [0.3, 0.4) is 0 Å². The number of hydrogen-bond donors (Lipinski definition) is 2. The Hall–Kier alpha value is -1.43. The van der Waals surface area contributed by atoms with Crippen molar-refractivity contribution in [1.29, 1.82) is 0 Å². The van der Waals surface area contributed by atoms with E-state index in [2.05, 4.69) is 10.3 Å². The molecule has 4 nitrogen and oxygen atoms in total. The molecule has 0 aliphatic rings. The molecule has 0 aliphatic heterocycles. The van der Waals surface area contributed by atoms with Crippen LogP contribution in [0.5, 0.6) is 0 Å². The molecule has 3 N–H and O–H groups in total. The molecule has 1 aromatic carbocycles. The normalized spacial score (nSPS) is 11.6. The third-order valence-electron chi connectivity index (χ3n) is 2.81. The molecule has 0 bridgehead atoms. The third kappa shape index (κ3) is 4.03. The number of nitrogens with zero attached hydrogens (tertiary/aromatic N) is 1. The number of carbonyl (C=O) groups excluding carboxylic acids is 1. The van der Waals surface area contributed by atoms with Gasteiger partial charge in [0.25, 0.3) is 5.91 Å². The number of aromatic nitrogens is 1. The summed E-state index contributed by atoms with van der Waals surface area (Å²) in [4.78, 5) is 17.5. The zero-order valence-electron chi connectivity index (χ0n) is 11.4. The first-order valence-electron chi connectivity index (χ1n) is 6.12. The van der Waals surface area contributed by atoms with Crippen LogP contribution < -0.4 is 11.1 Å². The molecule has 6 heteroatoms. The highest BCUT2D eigenvalue weighted by Crippen LogP contribution is 2.19. The van der Waals surface area contributed by atoms with Crippen LogP contribution in [0.4, 0.5) is 0 Å². The van der Waals surface area contributed by atoms with Gasteiger partial charge in [-0.3, -0.25) is 4.79 Å². The summed E-state index contributed by atoms with van der Waals surface area (Å²) in [5.41, 5.74) is 7.18. The van der Waals surface area contributed by atoms with Crippen LogP contribution >= 0.6 is 23.7 Å². The second kappa shape index (κ2) is 7.38. The van der Waals surface area contributed by atoms with E-state index in [1.54, 1.807) is 23.5 Å². The van der Waals surface area contributed by atoms with Gasteiger partial charge in [0.2, 0.25) is 0 Å². The lowest BCUT2D eigenvalue weighted by Crippen LogP contribution is -2.26. The largest absolute Gasteiger partial charge is 0.343 e. The van der Waals surface area contributed by atoms with Crippen molar-refractivity contribution in [3.8, 4) is 0 Å². The van der Waals surface area contributed by atoms with Crippen LogP contribution in [0, 0.1) is 6.92 Å². The van der Waals surface area contributed by atoms with Gasteiger partial charge in [0.15, 0.2) is 0 Å². The molecular formula is C14H18ClN3OS. The monoisotopic (exact) mass is 311 g/mol. The topological polar surface area (TPSA) is 68.0 Å². The molecule has 2 aromatic rings. The van der Waals surface area contributed by atoms with Gasteiger partial charge in [-0.25, -0.2) is 4.98 Å². The molecule has 2 rings (SSSR count). The van der Waals surface area contributed by atoms with Crippen LogP contribution in [0.25, 0.3) is 0 Å². The first kappa shape index (κ1) is 16.6. The van der Waals surface area contributed by atoms with Gasteiger partial charge in [-0.15, -0.1) is 23.7 Å². The van der Waals surface area contributed by atoms with Gasteiger partial charge in [0, 0.05) is 23.2 Å². The number of hydrogen-bond acceptors (Lipinski definition) is 4. The summed E-state index contributed by atoms with van der Waals surface area (Å²) >= 11 is 1.60.